The fourth-order valence-electron chi connectivity index (χ4n) is 3.20. The SMILES string of the molecule is CNS(=O)(=O)c1cccc(C(=O)OCC(=O)Nc2cc(C(F)(F)F)ccc2N2CCOCC2)c1. The molecule has 1 fully saturated rings. The molecular weight excluding hydrogens is 479 g/mol. The van der Waals surface area contributed by atoms with Crippen molar-refractivity contribution in [2.45, 2.75) is 11.1 Å². The predicted molar refractivity (Wildman–Crippen MR) is 116 cm³/mol. The quantitative estimate of drug-likeness (QED) is 0.560. The van der Waals surface area contributed by atoms with Crippen molar-refractivity contribution >= 4 is 33.3 Å². The number of anilines is 2. The summed E-state index contributed by atoms with van der Waals surface area (Å²) >= 11 is 0. The van der Waals surface area contributed by atoms with Crippen LogP contribution in [0.15, 0.2) is 47.4 Å². The van der Waals surface area contributed by atoms with E-state index in [-0.39, 0.29) is 16.1 Å². The molecule has 0 aliphatic carbocycles. The Bertz CT molecular complexity index is 1160. The molecule has 1 heterocycles. The molecule has 184 valence electrons. The van der Waals surface area contributed by atoms with Crippen LogP contribution in [0.5, 0.6) is 0 Å². The second kappa shape index (κ2) is 10.4. The van der Waals surface area contributed by atoms with Crippen molar-refractivity contribution in [3.63, 3.8) is 0 Å². The lowest BCUT2D eigenvalue weighted by atomic mass is 10.1. The maximum Gasteiger partial charge on any atom is 0.416 e. The summed E-state index contributed by atoms with van der Waals surface area (Å²) in [7, 11) is -2.59. The summed E-state index contributed by atoms with van der Waals surface area (Å²) in [6.07, 6.45) is -4.62. The van der Waals surface area contributed by atoms with Gasteiger partial charge in [-0.1, -0.05) is 6.07 Å². The van der Waals surface area contributed by atoms with Gasteiger partial charge in [0.15, 0.2) is 6.61 Å². The third-order valence-electron chi connectivity index (χ3n) is 4.93. The second-order valence-corrected chi connectivity index (χ2v) is 9.08. The molecule has 1 aliphatic rings. The van der Waals surface area contributed by atoms with E-state index in [1.807, 2.05) is 0 Å². The highest BCUT2D eigenvalue weighted by Crippen LogP contribution is 2.35. The van der Waals surface area contributed by atoms with Gasteiger partial charge in [0.1, 0.15) is 0 Å². The number of alkyl halides is 3. The third-order valence-corrected chi connectivity index (χ3v) is 6.34. The van der Waals surface area contributed by atoms with Crippen LogP contribution < -0.4 is 14.9 Å². The van der Waals surface area contributed by atoms with Crippen molar-refractivity contribution in [2.75, 3.05) is 50.2 Å². The van der Waals surface area contributed by atoms with Gasteiger partial charge >= 0.3 is 12.1 Å². The van der Waals surface area contributed by atoms with E-state index in [1.165, 1.54) is 31.3 Å². The van der Waals surface area contributed by atoms with Crippen molar-refractivity contribution in [1.29, 1.82) is 0 Å². The highest BCUT2D eigenvalue weighted by Gasteiger charge is 2.32. The topological polar surface area (TPSA) is 114 Å². The number of morpholine rings is 1. The first-order valence-corrected chi connectivity index (χ1v) is 11.5. The molecule has 0 aromatic heterocycles. The normalized spacial score (nSPS) is 14.5. The summed E-state index contributed by atoms with van der Waals surface area (Å²) in [5.74, 6) is -1.83. The minimum Gasteiger partial charge on any atom is -0.452 e. The van der Waals surface area contributed by atoms with Crippen LogP contribution in [0.25, 0.3) is 0 Å². The number of nitrogens with zero attached hydrogens (tertiary/aromatic N) is 1. The van der Waals surface area contributed by atoms with Gasteiger partial charge in [0.25, 0.3) is 5.91 Å². The van der Waals surface area contributed by atoms with Gasteiger partial charge in [0.05, 0.1) is 40.6 Å². The number of hydrogen-bond acceptors (Lipinski definition) is 7. The molecule has 13 heteroatoms. The first kappa shape index (κ1) is 25.5. The Morgan fingerprint density at radius 2 is 1.82 bits per heavy atom. The average Bonchev–Trinajstić information content (AvgIpc) is 2.82. The van der Waals surface area contributed by atoms with E-state index in [9.17, 15) is 31.2 Å². The first-order chi connectivity index (χ1) is 16.0. The van der Waals surface area contributed by atoms with Crippen LogP contribution in [-0.4, -0.2) is 60.3 Å². The van der Waals surface area contributed by atoms with Gasteiger partial charge in [-0.25, -0.2) is 17.9 Å². The molecule has 2 N–H and O–H groups in total. The van der Waals surface area contributed by atoms with Gasteiger partial charge in [-0.15, -0.1) is 0 Å². The van der Waals surface area contributed by atoms with Crippen molar-refractivity contribution in [2.24, 2.45) is 0 Å². The molecule has 0 saturated carbocycles. The Morgan fingerprint density at radius 1 is 1.12 bits per heavy atom. The van der Waals surface area contributed by atoms with E-state index in [0.29, 0.717) is 32.0 Å². The van der Waals surface area contributed by atoms with Crippen LogP contribution in [0.4, 0.5) is 24.5 Å². The number of benzene rings is 2. The number of hydrogen-bond donors (Lipinski definition) is 2. The Balaban J connectivity index is 1.73. The maximum absolute atomic E-state index is 13.2. The fraction of sp³-hybridized carbons (Fsp3) is 0.333. The summed E-state index contributed by atoms with van der Waals surface area (Å²) in [4.78, 5) is 26.3. The van der Waals surface area contributed by atoms with Gasteiger partial charge in [0, 0.05) is 13.1 Å². The Kier molecular flexibility index (Phi) is 7.79. The van der Waals surface area contributed by atoms with Crippen molar-refractivity contribution < 1.29 is 40.7 Å². The standard InChI is InChI=1S/C21H22F3N3O6S/c1-25-34(30,31)16-4-2-3-14(11-16)20(29)33-13-19(28)26-17-12-15(21(22,23)24)5-6-18(17)27-7-9-32-10-8-27/h2-6,11-12,25H,7-10,13H2,1H3,(H,26,28). The largest absolute Gasteiger partial charge is 0.452 e. The molecule has 2 aromatic rings. The van der Waals surface area contributed by atoms with Crippen LogP contribution in [-0.2, 0) is 30.5 Å². The van der Waals surface area contributed by atoms with Crippen LogP contribution in [0.2, 0.25) is 0 Å². The highest BCUT2D eigenvalue weighted by molar-refractivity contribution is 7.89. The number of ether oxygens (including phenoxy) is 2. The fourth-order valence-corrected chi connectivity index (χ4v) is 3.98. The number of rotatable bonds is 7. The van der Waals surface area contributed by atoms with E-state index in [4.69, 9.17) is 9.47 Å². The zero-order valence-corrected chi connectivity index (χ0v) is 18.8. The summed E-state index contributed by atoms with van der Waals surface area (Å²) in [6, 6.07) is 7.99. The van der Waals surface area contributed by atoms with Crippen LogP contribution in [0, 0.1) is 0 Å². The lowest BCUT2D eigenvalue weighted by Crippen LogP contribution is -2.37. The van der Waals surface area contributed by atoms with E-state index in [0.717, 1.165) is 18.2 Å². The summed E-state index contributed by atoms with van der Waals surface area (Å²) < 4.78 is 75.7. The summed E-state index contributed by atoms with van der Waals surface area (Å²) in [5, 5.41) is 2.37. The van der Waals surface area contributed by atoms with Gasteiger partial charge in [-0.2, -0.15) is 13.2 Å². The van der Waals surface area contributed by atoms with Crippen LogP contribution >= 0.6 is 0 Å². The average molecular weight is 501 g/mol. The minimum atomic E-state index is -4.62. The number of amides is 1. The minimum absolute atomic E-state index is 0.0834. The van der Waals surface area contributed by atoms with Crippen molar-refractivity contribution in [3.8, 4) is 0 Å². The van der Waals surface area contributed by atoms with Crippen molar-refractivity contribution in [1.82, 2.24) is 4.72 Å². The van der Waals surface area contributed by atoms with Crippen LogP contribution in [0.1, 0.15) is 15.9 Å². The summed E-state index contributed by atoms with van der Waals surface area (Å²) in [5.41, 5.74) is -0.766. The van der Waals surface area contributed by atoms with Gasteiger partial charge < -0.3 is 19.7 Å². The molecule has 9 nitrogen and oxygen atoms in total. The number of sulfonamides is 1. The maximum atomic E-state index is 13.2. The lowest BCUT2D eigenvalue weighted by molar-refractivity contribution is -0.137. The smallest absolute Gasteiger partial charge is 0.416 e. The third kappa shape index (κ3) is 6.24. The van der Waals surface area contributed by atoms with E-state index in [1.54, 1.807) is 4.90 Å². The Morgan fingerprint density at radius 3 is 2.47 bits per heavy atom. The molecule has 1 aliphatic heterocycles. The number of carbonyl (C=O) groups excluding carboxylic acids is 2. The highest BCUT2D eigenvalue weighted by atomic mass is 32.2. The number of esters is 1. The number of halogens is 3. The lowest BCUT2D eigenvalue weighted by Gasteiger charge is -2.31. The molecule has 0 spiro atoms. The zero-order valence-electron chi connectivity index (χ0n) is 18.0. The zero-order chi connectivity index (χ0) is 24.9. The molecule has 0 unspecified atom stereocenters. The Labute approximate surface area is 193 Å². The number of nitrogens with one attached hydrogen (secondary N) is 2. The molecule has 2 aromatic carbocycles. The molecule has 0 radical (unpaired) electrons. The molecule has 3 rings (SSSR count). The second-order valence-electron chi connectivity index (χ2n) is 7.19. The van der Waals surface area contributed by atoms with E-state index >= 15 is 0 Å². The monoisotopic (exact) mass is 501 g/mol. The van der Waals surface area contributed by atoms with Crippen LogP contribution in [0.3, 0.4) is 0 Å². The number of carbonyl (C=O) groups is 2. The first-order valence-electron chi connectivity index (χ1n) is 10.1. The molecule has 1 saturated heterocycles. The Hall–Kier alpha value is -3.16. The predicted octanol–water partition coefficient (Wildman–Crippen LogP) is 2.25. The molecule has 0 atom stereocenters. The molecule has 34 heavy (non-hydrogen) atoms. The molecular formula is C21H22F3N3O6S. The van der Waals surface area contributed by atoms with E-state index in [2.05, 4.69) is 10.0 Å². The molecule has 1 amide bonds. The summed E-state index contributed by atoms with van der Waals surface area (Å²) in [6.45, 7) is 0.827. The van der Waals surface area contributed by atoms with Crippen molar-refractivity contribution in [3.05, 3.63) is 53.6 Å². The van der Waals surface area contributed by atoms with E-state index < -0.39 is 40.2 Å². The van der Waals surface area contributed by atoms with Gasteiger partial charge in [-0.05, 0) is 43.4 Å². The van der Waals surface area contributed by atoms with Gasteiger partial charge in [0.2, 0.25) is 10.0 Å². The molecule has 0 bridgehead atoms. The van der Waals surface area contributed by atoms with Gasteiger partial charge in [-0.3, -0.25) is 4.79 Å².